The van der Waals surface area contributed by atoms with Gasteiger partial charge >= 0.3 is 5.97 Å². The Morgan fingerprint density at radius 2 is 2.33 bits per heavy atom. The summed E-state index contributed by atoms with van der Waals surface area (Å²) in [6.07, 6.45) is 7.24. The highest BCUT2D eigenvalue weighted by Crippen LogP contribution is 2.22. The molecule has 0 heterocycles. The quantitative estimate of drug-likeness (QED) is 0.489. The molecule has 70 valence electrons. The molecular weight excluding hydrogens is 172 g/mol. The van der Waals surface area contributed by atoms with Crippen LogP contribution in [0.2, 0.25) is 0 Å². The molecule has 0 aliphatic heterocycles. The van der Waals surface area contributed by atoms with Crippen molar-refractivity contribution in [1.82, 2.24) is 0 Å². The molecule has 12 heavy (non-hydrogen) atoms. The first-order valence-electron chi connectivity index (χ1n) is 4.51. The molecule has 0 unspecified atom stereocenters. The molecule has 1 fully saturated rings. The van der Waals surface area contributed by atoms with Crippen molar-refractivity contribution >= 4 is 17.7 Å². The minimum atomic E-state index is -0.00579. The Labute approximate surface area is 78.1 Å². The van der Waals surface area contributed by atoms with E-state index in [4.69, 9.17) is 4.74 Å². The average Bonchev–Trinajstić information content (AvgIpc) is 1.98. The summed E-state index contributed by atoms with van der Waals surface area (Å²) >= 11 is 1.77. The molecule has 0 N–H and O–H groups in total. The number of hydrogen-bond donors (Lipinski definition) is 0. The van der Waals surface area contributed by atoms with E-state index in [1.807, 2.05) is 0 Å². The van der Waals surface area contributed by atoms with Crippen molar-refractivity contribution < 1.29 is 9.53 Å². The summed E-state index contributed by atoms with van der Waals surface area (Å²) < 4.78 is 5.18. The molecule has 1 saturated carbocycles. The van der Waals surface area contributed by atoms with Gasteiger partial charge in [0.25, 0.3) is 0 Å². The third-order valence-electron chi connectivity index (χ3n) is 2.08. The van der Waals surface area contributed by atoms with Crippen molar-refractivity contribution in [3.63, 3.8) is 0 Å². The van der Waals surface area contributed by atoms with Crippen molar-refractivity contribution in [2.75, 3.05) is 12.0 Å². The Kier molecular flexibility index (Phi) is 4.51. The van der Waals surface area contributed by atoms with E-state index < -0.39 is 0 Å². The number of carbonyl (C=O) groups is 1. The summed E-state index contributed by atoms with van der Waals surface area (Å²) in [7, 11) is 0. The number of ether oxygens (including phenoxy) is 1. The molecule has 0 amide bonds. The number of hydrogen-bond acceptors (Lipinski definition) is 3. The van der Waals surface area contributed by atoms with Crippen LogP contribution in [0, 0.1) is 0 Å². The maximum absolute atomic E-state index is 11.1. The van der Waals surface area contributed by atoms with E-state index in [-0.39, 0.29) is 12.1 Å². The maximum atomic E-state index is 11.1. The van der Waals surface area contributed by atoms with E-state index in [1.54, 1.807) is 11.8 Å². The van der Waals surface area contributed by atoms with Gasteiger partial charge < -0.3 is 4.74 Å². The normalized spacial score (nSPS) is 17.1. The van der Waals surface area contributed by atoms with Gasteiger partial charge in [0, 0.05) is 6.42 Å². The lowest BCUT2D eigenvalue weighted by Crippen LogP contribution is -2.24. The highest BCUT2D eigenvalue weighted by molar-refractivity contribution is 7.98. The molecule has 0 aromatic carbocycles. The number of esters is 1. The van der Waals surface area contributed by atoms with Gasteiger partial charge in [0.2, 0.25) is 0 Å². The van der Waals surface area contributed by atoms with Gasteiger partial charge in [-0.1, -0.05) is 0 Å². The van der Waals surface area contributed by atoms with Crippen LogP contribution in [0.25, 0.3) is 0 Å². The standard InChI is InChI=1S/C9H16O2S/c1-12-7-3-6-9(10)11-8-4-2-5-8/h8H,2-7H2,1H3. The molecule has 0 aromatic heterocycles. The van der Waals surface area contributed by atoms with Crippen molar-refractivity contribution in [2.45, 2.75) is 38.2 Å². The second-order valence-electron chi connectivity index (χ2n) is 3.14. The fraction of sp³-hybridized carbons (Fsp3) is 0.889. The number of carbonyl (C=O) groups excluding carboxylic acids is 1. The van der Waals surface area contributed by atoms with Gasteiger partial charge in [-0.05, 0) is 37.7 Å². The van der Waals surface area contributed by atoms with Gasteiger partial charge in [0.1, 0.15) is 6.10 Å². The third kappa shape index (κ3) is 3.48. The van der Waals surface area contributed by atoms with Crippen LogP contribution in [0.5, 0.6) is 0 Å². The van der Waals surface area contributed by atoms with E-state index in [0.29, 0.717) is 6.42 Å². The van der Waals surface area contributed by atoms with Crippen LogP contribution in [-0.2, 0) is 9.53 Å². The molecule has 0 spiro atoms. The van der Waals surface area contributed by atoms with Crippen LogP contribution in [0.15, 0.2) is 0 Å². The molecule has 0 radical (unpaired) electrons. The fourth-order valence-corrected chi connectivity index (χ4v) is 1.53. The molecule has 3 heteroatoms. The first kappa shape index (κ1) is 9.90. The van der Waals surface area contributed by atoms with E-state index >= 15 is 0 Å². The molecule has 2 nitrogen and oxygen atoms in total. The van der Waals surface area contributed by atoms with Gasteiger partial charge in [-0.3, -0.25) is 4.79 Å². The summed E-state index contributed by atoms with van der Waals surface area (Å²) in [6.45, 7) is 0. The summed E-state index contributed by atoms with van der Waals surface area (Å²) in [5.74, 6) is 1.05. The largest absolute Gasteiger partial charge is 0.462 e. The lowest BCUT2D eigenvalue weighted by molar-refractivity contribution is -0.152. The highest BCUT2D eigenvalue weighted by atomic mass is 32.2. The van der Waals surface area contributed by atoms with Crippen molar-refractivity contribution in [3.8, 4) is 0 Å². The van der Waals surface area contributed by atoms with Crippen LogP contribution in [-0.4, -0.2) is 24.1 Å². The smallest absolute Gasteiger partial charge is 0.306 e. The van der Waals surface area contributed by atoms with Crippen molar-refractivity contribution in [2.24, 2.45) is 0 Å². The Morgan fingerprint density at radius 1 is 1.58 bits per heavy atom. The molecular formula is C9H16O2S. The predicted molar refractivity (Wildman–Crippen MR) is 51.3 cm³/mol. The van der Waals surface area contributed by atoms with Gasteiger partial charge in [-0.25, -0.2) is 0 Å². The van der Waals surface area contributed by atoms with Crippen LogP contribution in [0.3, 0.4) is 0 Å². The van der Waals surface area contributed by atoms with Crippen LogP contribution < -0.4 is 0 Å². The molecule has 0 aromatic rings. The molecule has 0 bridgehead atoms. The number of rotatable bonds is 5. The van der Waals surface area contributed by atoms with Gasteiger partial charge in [0.15, 0.2) is 0 Å². The van der Waals surface area contributed by atoms with Gasteiger partial charge in [-0.2, -0.15) is 11.8 Å². The predicted octanol–water partition coefficient (Wildman–Crippen LogP) is 2.23. The van der Waals surface area contributed by atoms with E-state index in [1.165, 1.54) is 6.42 Å². The average molecular weight is 188 g/mol. The number of thioether (sulfide) groups is 1. The van der Waals surface area contributed by atoms with Crippen LogP contribution in [0.1, 0.15) is 32.1 Å². The maximum Gasteiger partial charge on any atom is 0.306 e. The Morgan fingerprint density at radius 3 is 2.83 bits per heavy atom. The van der Waals surface area contributed by atoms with E-state index in [0.717, 1.165) is 25.0 Å². The van der Waals surface area contributed by atoms with Gasteiger partial charge in [-0.15, -0.1) is 0 Å². The lowest BCUT2D eigenvalue weighted by atomic mass is 9.96. The summed E-state index contributed by atoms with van der Waals surface area (Å²) in [5, 5.41) is 0. The zero-order chi connectivity index (χ0) is 8.81. The molecule has 0 atom stereocenters. The topological polar surface area (TPSA) is 26.3 Å². The molecule has 1 aliphatic rings. The minimum Gasteiger partial charge on any atom is -0.462 e. The van der Waals surface area contributed by atoms with Crippen LogP contribution in [0.4, 0.5) is 0 Å². The second kappa shape index (κ2) is 5.46. The SMILES string of the molecule is CSCCCC(=O)OC1CCC1. The zero-order valence-corrected chi connectivity index (χ0v) is 8.36. The lowest BCUT2D eigenvalue weighted by Gasteiger charge is -2.25. The van der Waals surface area contributed by atoms with E-state index in [9.17, 15) is 4.79 Å². The van der Waals surface area contributed by atoms with Gasteiger partial charge in [0.05, 0.1) is 0 Å². The Balaban J connectivity index is 1.95. The summed E-state index contributed by atoms with van der Waals surface area (Å²) in [4.78, 5) is 11.1. The Hall–Kier alpha value is -0.180. The highest BCUT2D eigenvalue weighted by Gasteiger charge is 2.20. The fourth-order valence-electron chi connectivity index (χ4n) is 1.09. The first-order valence-corrected chi connectivity index (χ1v) is 5.90. The second-order valence-corrected chi connectivity index (χ2v) is 4.12. The monoisotopic (exact) mass is 188 g/mol. The molecule has 1 aliphatic carbocycles. The molecule has 0 saturated heterocycles. The minimum absolute atomic E-state index is 0.00579. The Bertz CT molecular complexity index is 143. The van der Waals surface area contributed by atoms with Crippen molar-refractivity contribution in [1.29, 1.82) is 0 Å². The summed E-state index contributed by atoms with van der Waals surface area (Å²) in [5.41, 5.74) is 0. The van der Waals surface area contributed by atoms with E-state index in [2.05, 4.69) is 6.26 Å². The molecule has 1 rings (SSSR count). The third-order valence-corrected chi connectivity index (χ3v) is 2.78. The van der Waals surface area contributed by atoms with Crippen LogP contribution >= 0.6 is 11.8 Å². The zero-order valence-electron chi connectivity index (χ0n) is 7.54. The summed E-state index contributed by atoms with van der Waals surface area (Å²) in [6, 6.07) is 0. The first-order chi connectivity index (χ1) is 5.83. The van der Waals surface area contributed by atoms with Crippen molar-refractivity contribution in [3.05, 3.63) is 0 Å².